The fraction of sp³-hybridized carbons (Fsp3) is 0.444. The molecule has 1 saturated heterocycles. The summed E-state index contributed by atoms with van der Waals surface area (Å²) in [5.74, 6) is 1.05. The number of piperidine rings is 1. The van der Waals surface area contributed by atoms with Crippen LogP contribution in [0.25, 0.3) is 11.3 Å². The molecule has 0 amide bonds. The third-order valence-electron chi connectivity index (χ3n) is 7.16. The first-order valence-electron chi connectivity index (χ1n) is 12.6. The molecule has 3 aromatic heterocycles. The molecule has 5 rings (SSSR count). The zero-order valence-electron chi connectivity index (χ0n) is 21.3. The van der Waals surface area contributed by atoms with Gasteiger partial charge in [-0.25, -0.2) is 9.51 Å². The van der Waals surface area contributed by atoms with Crippen LogP contribution in [0.5, 0.6) is 5.88 Å². The molecule has 3 aromatic rings. The summed E-state index contributed by atoms with van der Waals surface area (Å²) >= 11 is 0. The van der Waals surface area contributed by atoms with Crippen LogP contribution in [0.4, 0.5) is 5.69 Å². The molecule has 0 saturated carbocycles. The molecule has 0 bridgehead atoms. The van der Waals surface area contributed by atoms with Crippen LogP contribution in [0.3, 0.4) is 0 Å². The highest BCUT2D eigenvalue weighted by Gasteiger charge is 2.30. The maximum atomic E-state index is 9.27. The quantitative estimate of drug-likeness (QED) is 0.502. The first-order chi connectivity index (χ1) is 17.5. The Morgan fingerprint density at radius 1 is 1.11 bits per heavy atom. The second-order valence-corrected chi connectivity index (χ2v) is 9.38. The van der Waals surface area contributed by atoms with Crippen LogP contribution in [0.15, 0.2) is 35.5 Å². The fourth-order valence-corrected chi connectivity index (χ4v) is 5.03. The SMILES string of the molecule is Cc1c2c(n(C)c1C)C(OCCN1CCCCC1)=C/C(=N/c1c(OCCO)nn3ccccc13)C2=N. The van der Waals surface area contributed by atoms with Crippen molar-refractivity contribution in [2.24, 2.45) is 12.0 Å². The first kappa shape index (κ1) is 24.3. The number of aliphatic hydroxyl groups is 1. The van der Waals surface area contributed by atoms with Crippen molar-refractivity contribution in [1.29, 1.82) is 5.41 Å². The van der Waals surface area contributed by atoms with Crippen molar-refractivity contribution in [1.82, 2.24) is 19.1 Å². The largest absolute Gasteiger partial charge is 0.490 e. The molecule has 0 atom stereocenters. The summed E-state index contributed by atoms with van der Waals surface area (Å²) < 4.78 is 15.9. The van der Waals surface area contributed by atoms with Crippen LogP contribution in [-0.2, 0) is 11.8 Å². The number of rotatable bonds is 8. The van der Waals surface area contributed by atoms with Crippen molar-refractivity contribution in [2.45, 2.75) is 33.1 Å². The van der Waals surface area contributed by atoms with E-state index < -0.39 is 0 Å². The van der Waals surface area contributed by atoms with E-state index in [1.54, 1.807) is 4.52 Å². The maximum absolute atomic E-state index is 9.27. The highest BCUT2D eigenvalue weighted by Crippen LogP contribution is 2.36. The van der Waals surface area contributed by atoms with Gasteiger partial charge in [-0.2, -0.15) is 0 Å². The van der Waals surface area contributed by atoms with Crippen molar-refractivity contribution in [3.8, 4) is 5.88 Å². The molecule has 1 aliphatic carbocycles. The zero-order chi connectivity index (χ0) is 25.2. The number of allylic oxidation sites excluding steroid dienone is 1. The molecule has 1 fully saturated rings. The molecule has 190 valence electrons. The van der Waals surface area contributed by atoms with Crippen LogP contribution in [0.1, 0.15) is 41.8 Å². The first-order valence-corrected chi connectivity index (χ1v) is 12.6. The predicted molar refractivity (Wildman–Crippen MR) is 141 cm³/mol. The Labute approximate surface area is 211 Å². The summed E-state index contributed by atoms with van der Waals surface area (Å²) in [5.41, 5.74) is 6.05. The molecular formula is C27H34N6O3. The van der Waals surface area contributed by atoms with E-state index in [1.807, 2.05) is 44.4 Å². The van der Waals surface area contributed by atoms with Crippen LogP contribution in [0.2, 0.25) is 0 Å². The zero-order valence-corrected chi connectivity index (χ0v) is 21.3. The van der Waals surface area contributed by atoms with Gasteiger partial charge < -0.3 is 19.1 Å². The summed E-state index contributed by atoms with van der Waals surface area (Å²) in [7, 11) is 2.02. The van der Waals surface area contributed by atoms with Gasteiger partial charge in [-0.15, -0.1) is 5.10 Å². The molecule has 4 heterocycles. The molecule has 0 radical (unpaired) electrons. The van der Waals surface area contributed by atoms with Crippen LogP contribution >= 0.6 is 0 Å². The van der Waals surface area contributed by atoms with Gasteiger partial charge >= 0.3 is 0 Å². The van der Waals surface area contributed by atoms with Gasteiger partial charge in [0.2, 0.25) is 0 Å². The van der Waals surface area contributed by atoms with Gasteiger partial charge in [0, 0.05) is 37.1 Å². The number of aliphatic imine (C=N–C) groups is 1. The smallest absolute Gasteiger partial charge is 0.260 e. The normalized spacial score (nSPS) is 17.5. The van der Waals surface area contributed by atoms with Crippen molar-refractivity contribution in [3.05, 3.63) is 53.0 Å². The number of likely N-dealkylation sites (tertiary alicyclic amines) is 1. The average molecular weight is 491 g/mol. The fourth-order valence-electron chi connectivity index (χ4n) is 5.03. The molecule has 0 aromatic carbocycles. The number of fused-ring (bicyclic) bond motifs is 2. The number of aromatic nitrogens is 3. The summed E-state index contributed by atoms with van der Waals surface area (Å²) in [6.45, 7) is 7.80. The van der Waals surface area contributed by atoms with Gasteiger partial charge in [-0.1, -0.05) is 12.5 Å². The number of hydrogen-bond donors (Lipinski definition) is 2. The van der Waals surface area contributed by atoms with Crippen molar-refractivity contribution >= 4 is 28.4 Å². The Balaban J connectivity index is 1.54. The minimum absolute atomic E-state index is 0.112. The summed E-state index contributed by atoms with van der Waals surface area (Å²) in [6, 6.07) is 5.70. The molecule has 2 aliphatic rings. The summed E-state index contributed by atoms with van der Waals surface area (Å²) in [6.07, 6.45) is 7.49. The van der Waals surface area contributed by atoms with Crippen molar-refractivity contribution in [3.63, 3.8) is 0 Å². The minimum Gasteiger partial charge on any atom is -0.490 e. The molecule has 2 N–H and O–H groups in total. The number of nitrogens with one attached hydrogen (secondary N) is 1. The van der Waals surface area contributed by atoms with E-state index >= 15 is 0 Å². The van der Waals surface area contributed by atoms with Gasteiger partial charge in [-0.05, 0) is 57.5 Å². The maximum Gasteiger partial charge on any atom is 0.260 e. The lowest BCUT2D eigenvalue weighted by Crippen LogP contribution is -2.32. The van der Waals surface area contributed by atoms with Crippen LogP contribution in [0, 0.1) is 19.3 Å². The summed E-state index contributed by atoms with van der Waals surface area (Å²) in [4.78, 5) is 7.35. The second-order valence-electron chi connectivity index (χ2n) is 9.38. The molecule has 0 unspecified atom stereocenters. The van der Waals surface area contributed by atoms with E-state index in [0.29, 0.717) is 29.6 Å². The Bertz CT molecular complexity index is 1340. The lowest BCUT2D eigenvalue weighted by molar-refractivity contribution is 0.169. The van der Waals surface area contributed by atoms with Gasteiger partial charge in [-0.3, -0.25) is 10.3 Å². The Morgan fingerprint density at radius 2 is 1.92 bits per heavy atom. The second kappa shape index (κ2) is 10.3. The lowest BCUT2D eigenvalue weighted by atomic mass is 9.95. The van der Waals surface area contributed by atoms with Gasteiger partial charge in [0.05, 0.1) is 29.2 Å². The Hall–Kier alpha value is -3.43. The van der Waals surface area contributed by atoms with Gasteiger partial charge in [0.25, 0.3) is 5.88 Å². The number of ether oxygens (including phenoxy) is 2. The van der Waals surface area contributed by atoms with E-state index in [9.17, 15) is 5.11 Å². The van der Waals surface area contributed by atoms with E-state index in [4.69, 9.17) is 19.9 Å². The molecule has 9 nitrogen and oxygen atoms in total. The third kappa shape index (κ3) is 4.44. The number of pyridine rings is 1. The highest BCUT2D eigenvalue weighted by molar-refractivity contribution is 6.54. The van der Waals surface area contributed by atoms with E-state index in [0.717, 1.165) is 53.4 Å². The average Bonchev–Trinajstić information content (AvgIpc) is 3.36. The Kier molecular flexibility index (Phi) is 6.93. The van der Waals surface area contributed by atoms with E-state index in [2.05, 4.69) is 21.5 Å². The third-order valence-corrected chi connectivity index (χ3v) is 7.16. The number of nitrogens with zero attached hydrogens (tertiary/aromatic N) is 5. The molecular weight excluding hydrogens is 456 g/mol. The number of hydrogen-bond acceptors (Lipinski definition) is 7. The summed E-state index contributed by atoms with van der Waals surface area (Å²) in [5, 5.41) is 22.8. The molecule has 0 spiro atoms. The molecule has 36 heavy (non-hydrogen) atoms. The van der Waals surface area contributed by atoms with Gasteiger partial charge in [0.1, 0.15) is 19.0 Å². The minimum atomic E-state index is -0.125. The van der Waals surface area contributed by atoms with Crippen LogP contribution in [-0.4, -0.2) is 75.1 Å². The van der Waals surface area contributed by atoms with E-state index in [-0.39, 0.29) is 13.2 Å². The monoisotopic (exact) mass is 490 g/mol. The highest BCUT2D eigenvalue weighted by atomic mass is 16.5. The molecule has 9 heteroatoms. The van der Waals surface area contributed by atoms with Crippen LogP contribution < -0.4 is 4.74 Å². The lowest BCUT2D eigenvalue weighted by Gasteiger charge is -2.27. The van der Waals surface area contributed by atoms with Gasteiger partial charge in [0.15, 0.2) is 5.69 Å². The standard InChI is InChI=1S/C27H34N6O3/c1-18-19(2)31(3)26-22(35-15-13-32-10-6-4-7-11-32)17-20(24(28)23(18)26)29-25-21-9-5-8-12-33(21)30-27(25)36-16-14-34/h5,8-9,12,17,28,34H,4,6-7,10-11,13-16H2,1-3H3/b28-24?,29-20-. The Morgan fingerprint density at radius 3 is 2.69 bits per heavy atom. The van der Waals surface area contributed by atoms with E-state index in [1.165, 1.54) is 19.3 Å². The number of aliphatic hydroxyl groups excluding tert-OH is 1. The predicted octanol–water partition coefficient (Wildman–Crippen LogP) is 3.66. The van der Waals surface area contributed by atoms with Crippen molar-refractivity contribution in [2.75, 3.05) is 39.5 Å². The molecule has 1 aliphatic heterocycles. The topological polar surface area (TPSA) is 100 Å². The van der Waals surface area contributed by atoms with Crippen molar-refractivity contribution < 1.29 is 14.6 Å².